The summed E-state index contributed by atoms with van der Waals surface area (Å²) in [6, 6.07) is 12.1. The molecule has 1 N–H and O–H groups in total. The fourth-order valence-electron chi connectivity index (χ4n) is 2.53. The van der Waals surface area contributed by atoms with Gasteiger partial charge in [-0.2, -0.15) is 5.10 Å². The highest BCUT2D eigenvalue weighted by atomic mass is 79.9. The van der Waals surface area contributed by atoms with Crippen LogP contribution < -0.4 is 5.56 Å². The molecule has 0 atom stereocenters. The van der Waals surface area contributed by atoms with E-state index in [9.17, 15) is 9.59 Å². The molecule has 0 unspecified atom stereocenters. The van der Waals surface area contributed by atoms with Gasteiger partial charge in [0.05, 0.1) is 11.2 Å². The zero-order valence-corrected chi connectivity index (χ0v) is 14.4. The van der Waals surface area contributed by atoms with Crippen molar-refractivity contribution in [3.63, 3.8) is 0 Å². The number of aromatic nitrogens is 4. The molecule has 0 fully saturated rings. The Kier molecular flexibility index (Phi) is 3.81. The lowest BCUT2D eigenvalue weighted by atomic mass is 10.2. The molecular formula is C17H11BrN4O3. The van der Waals surface area contributed by atoms with Crippen LogP contribution in [0.5, 0.6) is 0 Å². The Bertz CT molecular complexity index is 1170. The van der Waals surface area contributed by atoms with Crippen molar-refractivity contribution in [3.05, 3.63) is 74.9 Å². The quantitative estimate of drug-likeness (QED) is 0.535. The average molecular weight is 399 g/mol. The molecule has 0 aliphatic carbocycles. The lowest BCUT2D eigenvalue weighted by Crippen LogP contribution is -2.16. The Morgan fingerprint density at radius 3 is 2.96 bits per heavy atom. The number of hydrogen-bond acceptors (Lipinski definition) is 5. The van der Waals surface area contributed by atoms with Crippen LogP contribution in [0, 0.1) is 0 Å². The van der Waals surface area contributed by atoms with Crippen molar-refractivity contribution >= 4 is 38.4 Å². The van der Waals surface area contributed by atoms with Gasteiger partial charge >= 0.3 is 5.97 Å². The van der Waals surface area contributed by atoms with Gasteiger partial charge in [-0.3, -0.25) is 14.3 Å². The van der Waals surface area contributed by atoms with Gasteiger partial charge < -0.3 is 4.74 Å². The summed E-state index contributed by atoms with van der Waals surface area (Å²) in [7, 11) is 0. The third-order valence-corrected chi connectivity index (χ3v) is 4.16. The second kappa shape index (κ2) is 6.14. The highest BCUT2D eigenvalue weighted by molar-refractivity contribution is 9.10. The van der Waals surface area contributed by atoms with Crippen LogP contribution in [0.4, 0.5) is 0 Å². The Balaban J connectivity index is 1.59. The van der Waals surface area contributed by atoms with E-state index in [1.54, 1.807) is 24.4 Å². The Morgan fingerprint density at radius 1 is 1.24 bits per heavy atom. The molecule has 25 heavy (non-hydrogen) atoms. The van der Waals surface area contributed by atoms with E-state index in [1.807, 2.05) is 18.2 Å². The number of ether oxygens (including phenoxy) is 1. The molecule has 0 bridgehead atoms. The van der Waals surface area contributed by atoms with Gasteiger partial charge in [0.1, 0.15) is 12.3 Å². The number of nitrogens with zero attached hydrogens (tertiary/aromatic N) is 3. The van der Waals surface area contributed by atoms with Gasteiger partial charge in [0.2, 0.25) is 0 Å². The topological polar surface area (TPSA) is 89.3 Å². The van der Waals surface area contributed by atoms with Crippen molar-refractivity contribution in [1.29, 1.82) is 0 Å². The highest BCUT2D eigenvalue weighted by Gasteiger charge is 2.16. The lowest BCUT2D eigenvalue weighted by molar-refractivity contribution is 0.0463. The van der Waals surface area contributed by atoms with Crippen LogP contribution in [-0.4, -0.2) is 25.6 Å². The largest absolute Gasteiger partial charge is 0.454 e. The van der Waals surface area contributed by atoms with Crippen LogP contribution in [0.2, 0.25) is 0 Å². The normalized spacial score (nSPS) is 11.1. The molecular weight excluding hydrogens is 388 g/mol. The van der Waals surface area contributed by atoms with Crippen LogP contribution >= 0.6 is 15.9 Å². The second-order valence-electron chi connectivity index (χ2n) is 5.36. The van der Waals surface area contributed by atoms with E-state index in [0.29, 0.717) is 16.7 Å². The minimum absolute atomic E-state index is 0.109. The highest BCUT2D eigenvalue weighted by Crippen LogP contribution is 2.16. The summed E-state index contributed by atoms with van der Waals surface area (Å²) in [5.74, 6) is -0.574. The number of esters is 1. The van der Waals surface area contributed by atoms with Crippen molar-refractivity contribution in [2.24, 2.45) is 0 Å². The van der Waals surface area contributed by atoms with Crippen LogP contribution in [0.25, 0.3) is 16.6 Å². The monoisotopic (exact) mass is 398 g/mol. The van der Waals surface area contributed by atoms with Crippen molar-refractivity contribution in [3.8, 4) is 0 Å². The predicted octanol–water partition coefficient (Wildman–Crippen LogP) is 2.69. The van der Waals surface area contributed by atoms with Gasteiger partial charge in [0.25, 0.3) is 5.56 Å². The Hall–Kier alpha value is -3.00. The summed E-state index contributed by atoms with van der Waals surface area (Å²) in [4.78, 5) is 28.7. The summed E-state index contributed by atoms with van der Waals surface area (Å²) in [6.07, 6.45) is 1.64. The van der Waals surface area contributed by atoms with E-state index < -0.39 is 5.97 Å². The van der Waals surface area contributed by atoms with Gasteiger partial charge in [-0.1, -0.05) is 18.2 Å². The molecule has 8 heteroatoms. The first-order valence-electron chi connectivity index (χ1n) is 7.40. The zero-order valence-electron chi connectivity index (χ0n) is 12.8. The molecule has 0 spiro atoms. The number of carbonyl (C=O) groups is 1. The maximum atomic E-state index is 12.3. The first-order valence-corrected chi connectivity index (χ1v) is 8.19. The molecule has 3 aromatic heterocycles. The van der Waals surface area contributed by atoms with Crippen molar-refractivity contribution in [2.75, 3.05) is 0 Å². The SMILES string of the molecule is O=C(OCc1cc(=O)n2cc(Br)ccc2n1)c1n[nH]c2ccccc12. The van der Waals surface area contributed by atoms with Crippen molar-refractivity contribution in [2.45, 2.75) is 6.61 Å². The number of H-pyrrole nitrogens is 1. The van der Waals surface area contributed by atoms with Crippen LogP contribution in [0.1, 0.15) is 16.2 Å². The molecule has 124 valence electrons. The van der Waals surface area contributed by atoms with Crippen LogP contribution in [-0.2, 0) is 11.3 Å². The number of hydrogen-bond donors (Lipinski definition) is 1. The molecule has 0 saturated carbocycles. The molecule has 7 nitrogen and oxygen atoms in total. The average Bonchev–Trinajstić information content (AvgIpc) is 3.04. The Labute approximate surface area is 149 Å². The van der Waals surface area contributed by atoms with E-state index in [0.717, 1.165) is 9.99 Å². The number of fused-ring (bicyclic) bond motifs is 2. The summed E-state index contributed by atoms with van der Waals surface area (Å²) < 4.78 is 7.45. The summed E-state index contributed by atoms with van der Waals surface area (Å²) >= 11 is 3.31. The van der Waals surface area contributed by atoms with E-state index >= 15 is 0 Å². The molecule has 0 saturated heterocycles. The number of nitrogens with one attached hydrogen (secondary N) is 1. The molecule has 3 heterocycles. The van der Waals surface area contributed by atoms with Gasteiger partial charge in [0.15, 0.2) is 5.69 Å². The summed E-state index contributed by atoms with van der Waals surface area (Å²) in [5.41, 5.74) is 1.56. The zero-order chi connectivity index (χ0) is 17.4. The number of carbonyl (C=O) groups excluding carboxylic acids is 1. The minimum atomic E-state index is -0.574. The molecule has 0 aliphatic heterocycles. The first kappa shape index (κ1) is 15.5. The fourth-order valence-corrected chi connectivity index (χ4v) is 2.86. The molecule has 0 radical (unpaired) electrons. The van der Waals surface area contributed by atoms with Crippen molar-refractivity contribution in [1.82, 2.24) is 19.6 Å². The van der Waals surface area contributed by atoms with Gasteiger partial charge in [-0.15, -0.1) is 0 Å². The number of rotatable bonds is 3. The number of pyridine rings is 1. The number of halogens is 1. The molecule has 4 aromatic rings. The summed E-state index contributed by atoms with van der Waals surface area (Å²) in [5, 5.41) is 7.46. The third kappa shape index (κ3) is 2.91. The van der Waals surface area contributed by atoms with E-state index in [1.165, 1.54) is 10.5 Å². The molecule has 0 aliphatic rings. The maximum Gasteiger partial charge on any atom is 0.359 e. The smallest absolute Gasteiger partial charge is 0.359 e. The number of benzene rings is 1. The van der Waals surface area contributed by atoms with Crippen molar-refractivity contribution < 1.29 is 9.53 Å². The molecule has 1 aromatic carbocycles. The minimum Gasteiger partial charge on any atom is -0.454 e. The maximum absolute atomic E-state index is 12.3. The standard InChI is InChI=1S/C17H11BrN4O3/c18-10-5-6-14-19-11(7-15(23)22(14)8-10)9-25-17(24)16-12-3-1-2-4-13(12)20-21-16/h1-8H,9H2,(H,20,21). The van der Waals surface area contributed by atoms with Crippen LogP contribution in [0.3, 0.4) is 0 Å². The number of para-hydroxylation sites is 1. The Morgan fingerprint density at radius 2 is 2.08 bits per heavy atom. The van der Waals surface area contributed by atoms with E-state index in [-0.39, 0.29) is 17.9 Å². The first-order chi connectivity index (χ1) is 12.1. The van der Waals surface area contributed by atoms with Gasteiger partial charge in [0, 0.05) is 22.1 Å². The molecule has 0 amide bonds. The van der Waals surface area contributed by atoms with Gasteiger partial charge in [-0.25, -0.2) is 9.78 Å². The van der Waals surface area contributed by atoms with E-state index in [4.69, 9.17) is 4.74 Å². The predicted molar refractivity (Wildman–Crippen MR) is 94.4 cm³/mol. The van der Waals surface area contributed by atoms with E-state index in [2.05, 4.69) is 31.1 Å². The second-order valence-corrected chi connectivity index (χ2v) is 6.27. The van der Waals surface area contributed by atoms with Gasteiger partial charge in [-0.05, 0) is 34.1 Å². The third-order valence-electron chi connectivity index (χ3n) is 3.69. The summed E-state index contributed by atoms with van der Waals surface area (Å²) in [6.45, 7) is -0.109. The van der Waals surface area contributed by atoms with Crippen LogP contribution in [0.15, 0.2) is 57.9 Å². The number of aromatic amines is 1. The fraction of sp³-hybridized carbons (Fsp3) is 0.0588. The molecule has 4 rings (SSSR count). The lowest BCUT2D eigenvalue weighted by Gasteiger charge is -2.05.